The lowest BCUT2D eigenvalue weighted by atomic mass is 10.3. The normalized spacial score (nSPS) is 22.6. The van der Waals surface area contributed by atoms with Crippen molar-refractivity contribution in [1.82, 2.24) is 4.72 Å². The molecule has 1 aliphatic heterocycles. The van der Waals surface area contributed by atoms with Crippen LogP contribution < -0.4 is 4.72 Å². The highest BCUT2D eigenvalue weighted by Gasteiger charge is 2.01. The fraction of sp³-hybridized carbons (Fsp3) is 0.750. The molecule has 40 valence electrons. The monoisotopic (exact) mass is 116 g/mol. The van der Waals surface area contributed by atoms with E-state index in [1.165, 1.54) is 0 Å². The van der Waals surface area contributed by atoms with E-state index in [9.17, 15) is 0 Å². The van der Waals surface area contributed by atoms with E-state index in [0.717, 1.165) is 24.4 Å². The third-order valence-electron chi connectivity index (χ3n) is 0.894. The van der Waals surface area contributed by atoms with Crippen LogP contribution >= 0.6 is 11.9 Å². The summed E-state index contributed by atoms with van der Waals surface area (Å²) in [6.45, 7) is 0.782. The lowest BCUT2D eigenvalue weighted by molar-refractivity contribution is 1.05. The molecule has 0 aromatic carbocycles. The fourth-order valence-corrected chi connectivity index (χ4v) is 1.24. The van der Waals surface area contributed by atoms with Gasteiger partial charge in [0.05, 0.1) is 0 Å². The van der Waals surface area contributed by atoms with Gasteiger partial charge in [0.15, 0.2) is 0 Å². The van der Waals surface area contributed by atoms with Crippen LogP contribution in [0.2, 0.25) is 0 Å². The molecule has 2 N–H and O–H groups in total. The molecule has 1 aliphatic rings. The average molecular weight is 116 g/mol. The fourth-order valence-electron chi connectivity index (χ4n) is 0.473. The Labute approximate surface area is 47.3 Å². The van der Waals surface area contributed by atoms with E-state index in [1.54, 1.807) is 11.9 Å². The van der Waals surface area contributed by atoms with Crippen molar-refractivity contribution >= 4 is 17.7 Å². The summed E-state index contributed by atoms with van der Waals surface area (Å²) in [4.78, 5) is 0. The van der Waals surface area contributed by atoms with Crippen LogP contribution in [0, 0.1) is 5.41 Å². The number of nitrogens with one attached hydrogen (secondary N) is 2. The zero-order valence-electron chi connectivity index (χ0n) is 4.03. The zero-order valence-corrected chi connectivity index (χ0v) is 4.85. The van der Waals surface area contributed by atoms with Crippen LogP contribution in [-0.2, 0) is 0 Å². The van der Waals surface area contributed by atoms with Gasteiger partial charge in [-0.05, 0) is 6.42 Å². The van der Waals surface area contributed by atoms with Gasteiger partial charge in [0.25, 0.3) is 0 Å². The van der Waals surface area contributed by atoms with Crippen molar-refractivity contribution in [3.8, 4) is 0 Å². The molecule has 0 amide bonds. The van der Waals surface area contributed by atoms with Gasteiger partial charge in [0.2, 0.25) is 0 Å². The van der Waals surface area contributed by atoms with Crippen LogP contribution in [0.3, 0.4) is 0 Å². The van der Waals surface area contributed by atoms with Crippen molar-refractivity contribution in [1.29, 1.82) is 5.41 Å². The maximum Gasteiger partial charge on any atom is 0.0437 e. The minimum atomic E-state index is 0.782. The molecule has 0 aromatic heterocycles. The first kappa shape index (κ1) is 5.12. The van der Waals surface area contributed by atoms with Gasteiger partial charge in [-0.15, -0.1) is 0 Å². The quantitative estimate of drug-likeness (QED) is 0.456. The molecule has 0 spiro atoms. The standard InChI is InChI=1S/C4H8N2S/c5-4-1-2-7-6-3-4/h5-6H,1-3H2. The molecule has 0 aliphatic carbocycles. The molecule has 1 saturated heterocycles. The maximum absolute atomic E-state index is 7.11. The van der Waals surface area contributed by atoms with Crippen LogP contribution in [0.15, 0.2) is 0 Å². The Morgan fingerprint density at radius 2 is 2.57 bits per heavy atom. The SMILES string of the molecule is N=C1CCSNC1. The average Bonchev–Trinajstić information content (AvgIpc) is 1.69. The number of hydrogen-bond donors (Lipinski definition) is 2. The van der Waals surface area contributed by atoms with E-state index in [2.05, 4.69) is 4.72 Å². The van der Waals surface area contributed by atoms with Gasteiger partial charge >= 0.3 is 0 Å². The Hall–Kier alpha value is -0.0200. The minimum Gasteiger partial charge on any atom is -0.308 e. The lowest BCUT2D eigenvalue weighted by Crippen LogP contribution is -2.22. The molecule has 0 atom stereocenters. The summed E-state index contributed by atoms with van der Waals surface area (Å²) in [6.07, 6.45) is 0.970. The predicted octanol–water partition coefficient (Wildman–Crippen LogP) is 0.648. The molecule has 2 nitrogen and oxygen atoms in total. The molecule has 0 radical (unpaired) electrons. The first-order valence-corrected chi connectivity index (χ1v) is 3.29. The second-order valence-electron chi connectivity index (χ2n) is 1.52. The summed E-state index contributed by atoms with van der Waals surface area (Å²) in [7, 11) is 0. The van der Waals surface area contributed by atoms with Crippen molar-refractivity contribution in [2.45, 2.75) is 6.42 Å². The third-order valence-corrected chi connectivity index (χ3v) is 1.65. The number of hydrogen-bond acceptors (Lipinski definition) is 3. The predicted molar refractivity (Wildman–Crippen MR) is 32.8 cm³/mol. The molecule has 0 bridgehead atoms. The van der Waals surface area contributed by atoms with E-state index in [4.69, 9.17) is 5.41 Å². The Kier molecular flexibility index (Phi) is 1.70. The van der Waals surface area contributed by atoms with Gasteiger partial charge < -0.3 is 5.41 Å². The van der Waals surface area contributed by atoms with Gasteiger partial charge in [-0.3, -0.25) is 4.72 Å². The Bertz CT molecular complexity index is 73.8. The van der Waals surface area contributed by atoms with Gasteiger partial charge in [-0.25, -0.2) is 0 Å². The first-order chi connectivity index (χ1) is 3.39. The second kappa shape index (κ2) is 2.33. The number of rotatable bonds is 0. The molecular formula is C4H8N2S. The molecule has 0 aromatic rings. The minimum absolute atomic E-state index is 0.782. The largest absolute Gasteiger partial charge is 0.308 e. The van der Waals surface area contributed by atoms with Crippen molar-refractivity contribution in [2.24, 2.45) is 0 Å². The van der Waals surface area contributed by atoms with E-state index in [0.29, 0.717) is 0 Å². The van der Waals surface area contributed by atoms with Crippen LogP contribution in [0.5, 0.6) is 0 Å². The summed E-state index contributed by atoms with van der Waals surface area (Å²) < 4.78 is 3.03. The Balaban J connectivity index is 2.25. The van der Waals surface area contributed by atoms with E-state index < -0.39 is 0 Å². The van der Waals surface area contributed by atoms with Crippen LogP contribution in [0.1, 0.15) is 6.42 Å². The van der Waals surface area contributed by atoms with Gasteiger partial charge in [-0.2, -0.15) is 0 Å². The lowest BCUT2D eigenvalue weighted by Gasteiger charge is -2.10. The summed E-state index contributed by atoms with van der Waals surface area (Å²) in [5.74, 6) is 1.07. The first-order valence-electron chi connectivity index (χ1n) is 2.30. The molecule has 0 saturated carbocycles. The molecular weight excluding hydrogens is 108 g/mol. The summed E-state index contributed by atoms with van der Waals surface area (Å²) >= 11 is 1.71. The molecule has 7 heavy (non-hydrogen) atoms. The van der Waals surface area contributed by atoms with Crippen LogP contribution in [0.25, 0.3) is 0 Å². The molecule has 0 unspecified atom stereocenters. The topological polar surface area (TPSA) is 35.9 Å². The third kappa shape index (κ3) is 1.49. The summed E-state index contributed by atoms with van der Waals surface area (Å²) in [5, 5.41) is 7.11. The molecule has 1 heterocycles. The van der Waals surface area contributed by atoms with Crippen molar-refractivity contribution in [3.63, 3.8) is 0 Å². The molecule has 3 heteroatoms. The van der Waals surface area contributed by atoms with E-state index >= 15 is 0 Å². The Morgan fingerprint density at radius 1 is 1.71 bits per heavy atom. The van der Waals surface area contributed by atoms with Crippen molar-refractivity contribution < 1.29 is 0 Å². The molecule has 1 fully saturated rings. The second-order valence-corrected chi connectivity index (χ2v) is 2.51. The smallest absolute Gasteiger partial charge is 0.0437 e. The summed E-state index contributed by atoms with van der Waals surface area (Å²) in [6, 6.07) is 0. The van der Waals surface area contributed by atoms with Gasteiger partial charge in [0, 0.05) is 18.0 Å². The van der Waals surface area contributed by atoms with E-state index in [1.807, 2.05) is 0 Å². The van der Waals surface area contributed by atoms with E-state index in [-0.39, 0.29) is 0 Å². The van der Waals surface area contributed by atoms with Crippen molar-refractivity contribution in [2.75, 3.05) is 12.3 Å². The van der Waals surface area contributed by atoms with Crippen LogP contribution in [0.4, 0.5) is 0 Å². The van der Waals surface area contributed by atoms with Gasteiger partial charge in [0.1, 0.15) is 0 Å². The highest BCUT2D eigenvalue weighted by molar-refractivity contribution is 7.97. The summed E-state index contributed by atoms with van der Waals surface area (Å²) in [5.41, 5.74) is 0.832. The highest BCUT2D eigenvalue weighted by atomic mass is 32.2. The maximum atomic E-state index is 7.11. The van der Waals surface area contributed by atoms with Crippen molar-refractivity contribution in [3.05, 3.63) is 0 Å². The van der Waals surface area contributed by atoms with Crippen LogP contribution in [-0.4, -0.2) is 18.0 Å². The zero-order chi connectivity index (χ0) is 5.11. The molecule has 1 rings (SSSR count). The van der Waals surface area contributed by atoms with Gasteiger partial charge in [-0.1, -0.05) is 11.9 Å². The highest BCUT2D eigenvalue weighted by Crippen LogP contribution is 2.02. The Morgan fingerprint density at radius 3 is 2.86 bits per heavy atom.